The average Bonchev–Trinajstić information content (AvgIpc) is 2.47. The van der Waals surface area contributed by atoms with Crippen molar-refractivity contribution in [3.63, 3.8) is 0 Å². The Hall–Kier alpha value is -0.425. The van der Waals surface area contributed by atoms with Crippen LogP contribution in [0.3, 0.4) is 0 Å². The molecular weight excluding hydrogens is 312 g/mol. The maximum atomic E-state index is 13.9. The molecule has 0 aromatic heterocycles. The molecule has 0 spiro atoms. The molecule has 1 heterocycles. The van der Waals surface area contributed by atoms with E-state index in [0.29, 0.717) is 10.0 Å². The van der Waals surface area contributed by atoms with Crippen molar-refractivity contribution in [2.45, 2.75) is 44.8 Å². The Morgan fingerprint density at radius 1 is 1.21 bits per heavy atom. The number of nitrogens with two attached hydrogens (primary N) is 1. The van der Waals surface area contributed by atoms with E-state index < -0.39 is 24.3 Å². The summed E-state index contributed by atoms with van der Waals surface area (Å²) in [6.45, 7) is 7.76. The largest absolute Gasteiger partial charge is 0.480 e. The van der Waals surface area contributed by atoms with Crippen LogP contribution >= 0.6 is 15.9 Å². The van der Waals surface area contributed by atoms with E-state index in [1.165, 1.54) is 6.07 Å². The van der Waals surface area contributed by atoms with Crippen molar-refractivity contribution in [1.29, 1.82) is 0 Å². The van der Waals surface area contributed by atoms with E-state index in [1.807, 2.05) is 27.7 Å². The summed E-state index contributed by atoms with van der Waals surface area (Å²) in [6, 6.07) is 4.76. The van der Waals surface area contributed by atoms with Crippen LogP contribution in [0.4, 0.5) is 4.39 Å². The Balaban J connectivity index is 2.30. The number of halogens is 2. The van der Waals surface area contributed by atoms with Gasteiger partial charge in [0.15, 0.2) is 0 Å². The zero-order valence-electron chi connectivity index (χ0n) is 11.5. The lowest BCUT2D eigenvalue weighted by Gasteiger charge is -2.32. The quantitative estimate of drug-likeness (QED) is 0.847. The first-order valence-electron chi connectivity index (χ1n) is 6.21. The summed E-state index contributed by atoms with van der Waals surface area (Å²) in [4.78, 5) is 0. The highest BCUT2D eigenvalue weighted by atomic mass is 79.9. The Morgan fingerprint density at radius 3 is 2.21 bits per heavy atom. The van der Waals surface area contributed by atoms with Gasteiger partial charge in [-0.15, -0.1) is 0 Å². The second-order valence-electron chi connectivity index (χ2n) is 5.79. The molecule has 0 amide bonds. The van der Waals surface area contributed by atoms with Gasteiger partial charge in [0.2, 0.25) is 0 Å². The zero-order valence-corrected chi connectivity index (χ0v) is 13.1. The fraction of sp³-hybridized carbons (Fsp3) is 0.538. The van der Waals surface area contributed by atoms with Gasteiger partial charge in [-0.05, 0) is 39.8 Å². The minimum Gasteiger partial charge on any atom is -0.402 e. The lowest BCUT2D eigenvalue weighted by molar-refractivity contribution is 0.00578. The minimum atomic E-state index is -0.684. The molecule has 19 heavy (non-hydrogen) atoms. The van der Waals surface area contributed by atoms with Crippen LogP contribution in [-0.4, -0.2) is 18.3 Å². The summed E-state index contributed by atoms with van der Waals surface area (Å²) in [5.41, 5.74) is 5.54. The van der Waals surface area contributed by atoms with Crippen molar-refractivity contribution in [2.75, 3.05) is 0 Å². The molecule has 104 valence electrons. The molecule has 0 saturated carbocycles. The van der Waals surface area contributed by atoms with Crippen LogP contribution in [0.15, 0.2) is 22.7 Å². The first kappa shape index (κ1) is 15.0. The first-order valence-corrected chi connectivity index (χ1v) is 7.00. The molecule has 1 fully saturated rings. The Bertz CT molecular complexity index is 459. The summed E-state index contributed by atoms with van der Waals surface area (Å²) >= 11 is 3.32. The van der Waals surface area contributed by atoms with Crippen molar-refractivity contribution in [1.82, 2.24) is 0 Å². The molecule has 0 unspecified atom stereocenters. The Labute approximate surface area is 121 Å². The van der Waals surface area contributed by atoms with Crippen LogP contribution in [-0.2, 0) is 9.31 Å². The van der Waals surface area contributed by atoms with Crippen molar-refractivity contribution in [3.05, 3.63) is 34.1 Å². The van der Waals surface area contributed by atoms with Gasteiger partial charge in [-0.2, -0.15) is 0 Å². The lowest BCUT2D eigenvalue weighted by atomic mass is 9.74. The number of hydrogen-bond donors (Lipinski definition) is 1. The molecule has 0 aliphatic carbocycles. The van der Waals surface area contributed by atoms with Crippen LogP contribution in [0.1, 0.15) is 39.2 Å². The van der Waals surface area contributed by atoms with Crippen LogP contribution in [0.25, 0.3) is 0 Å². The van der Waals surface area contributed by atoms with Gasteiger partial charge in [0.25, 0.3) is 0 Å². The molecule has 1 aromatic carbocycles. The third kappa shape index (κ3) is 2.59. The third-order valence-corrected chi connectivity index (χ3v) is 4.59. The first-order chi connectivity index (χ1) is 8.66. The van der Waals surface area contributed by atoms with Crippen LogP contribution in [0, 0.1) is 5.82 Å². The van der Waals surface area contributed by atoms with E-state index in [2.05, 4.69) is 15.9 Å². The van der Waals surface area contributed by atoms with E-state index >= 15 is 0 Å². The van der Waals surface area contributed by atoms with E-state index in [0.717, 1.165) is 0 Å². The van der Waals surface area contributed by atoms with Gasteiger partial charge < -0.3 is 15.0 Å². The minimum absolute atomic E-state index is 0.364. The van der Waals surface area contributed by atoms with Crippen LogP contribution in [0.5, 0.6) is 0 Å². The predicted octanol–water partition coefficient (Wildman–Crippen LogP) is 3.22. The van der Waals surface area contributed by atoms with Gasteiger partial charge in [-0.1, -0.05) is 22.0 Å². The monoisotopic (exact) mass is 329 g/mol. The number of benzene rings is 1. The van der Waals surface area contributed by atoms with E-state index in [-0.39, 0.29) is 5.82 Å². The van der Waals surface area contributed by atoms with Gasteiger partial charge in [-0.25, -0.2) is 4.39 Å². The van der Waals surface area contributed by atoms with Gasteiger partial charge in [0.1, 0.15) is 5.82 Å². The Morgan fingerprint density at radius 2 is 1.74 bits per heavy atom. The third-order valence-electron chi connectivity index (χ3n) is 3.90. The standard InChI is InChI=1S/C13H18BBrFNO2/c1-12(2)13(3,4)19-14(18-12)11(17)10-8(15)6-5-7-9(10)16/h5-7,11H,17H2,1-4H3/t11-/m0/s1. The smallest absolute Gasteiger partial charge is 0.402 e. The molecule has 1 aliphatic rings. The molecule has 1 aliphatic heterocycles. The van der Waals surface area contributed by atoms with E-state index in [4.69, 9.17) is 15.0 Å². The maximum Gasteiger partial charge on any atom is 0.480 e. The summed E-state index contributed by atoms with van der Waals surface area (Å²) < 4.78 is 26.2. The lowest BCUT2D eigenvalue weighted by Crippen LogP contribution is -2.41. The molecular formula is C13H18BBrFNO2. The summed E-state index contributed by atoms with van der Waals surface area (Å²) in [6.07, 6.45) is 0. The molecule has 0 bridgehead atoms. The Kier molecular flexibility index (Phi) is 3.82. The van der Waals surface area contributed by atoms with Gasteiger partial charge in [0, 0.05) is 10.0 Å². The molecule has 3 nitrogen and oxygen atoms in total. The molecule has 1 saturated heterocycles. The molecule has 6 heteroatoms. The normalized spacial score (nSPS) is 22.6. The van der Waals surface area contributed by atoms with Crippen LogP contribution in [0.2, 0.25) is 0 Å². The average molecular weight is 330 g/mol. The fourth-order valence-corrected chi connectivity index (χ4v) is 2.61. The molecule has 1 atom stereocenters. The molecule has 2 rings (SSSR count). The van der Waals surface area contributed by atoms with Crippen molar-refractivity contribution in [3.8, 4) is 0 Å². The zero-order chi connectivity index (χ0) is 14.4. The highest BCUT2D eigenvalue weighted by molar-refractivity contribution is 9.10. The van der Waals surface area contributed by atoms with Crippen LogP contribution < -0.4 is 5.73 Å². The second kappa shape index (κ2) is 4.84. The predicted molar refractivity (Wildman–Crippen MR) is 77.1 cm³/mol. The van der Waals surface area contributed by atoms with E-state index in [1.54, 1.807) is 12.1 Å². The highest BCUT2D eigenvalue weighted by Gasteiger charge is 2.53. The van der Waals surface area contributed by atoms with Crippen molar-refractivity contribution < 1.29 is 13.7 Å². The van der Waals surface area contributed by atoms with Gasteiger partial charge >= 0.3 is 7.12 Å². The van der Waals surface area contributed by atoms with Crippen molar-refractivity contribution >= 4 is 23.0 Å². The summed E-state index contributed by atoms with van der Waals surface area (Å²) in [5.74, 6) is -1.05. The number of hydrogen-bond acceptors (Lipinski definition) is 3. The maximum absolute atomic E-state index is 13.9. The highest BCUT2D eigenvalue weighted by Crippen LogP contribution is 2.40. The molecule has 0 radical (unpaired) electrons. The number of rotatable bonds is 2. The summed E-state index contributed by atoms with van der Waals surface area (Å²) in [5, 5.41) is 0. The van der Waals surface area contributed by atoms with Gasteiger partial charge in [0.05, 0.1) is 17.1 Å². The fourth-order valence-electron chi connectivity index (χ4n) is 2.00. The molecule has 2 N–H and O–H groups in total. The summed E-state index contributed by atoms with van der Waals surface area (Å²) in [7, 11) is -0.668. The SMILES string of the molecule is CC1(C)OB([C@@H](N)c2c(F)cccc2Br)OC1(C)C. The van der Waals surface area contributed by atoms with Gasteiger partial charge in [-0.3, -0.25) is 0 Å². The van der Waals surface area contributed by atoms with Crippen molar-refractivity contribution in [2.24, 2.45) is 5.73 Å². The second-order valence-corrected chi connectivity index (χ2v) is 6.64. The van der Waals surface area contributed by atoms with E-state index in [9.17, 15) is 4.39 Å². The topological polar surface area (TPSA) is 44.5 Å². The molecule has 1 aromatic rings.